The second-order valence-corrected chi connectivity index (χ2v) is 9.39. The van der Waals surface area contributed by atoms with E-state index in [0.717, 1.165) is 56.5 Å². The minimum Gasteiger partial charge on any atom is -0.356 e. The van der Waals surface area contributed by atoms with E-state index in [1.807, 2.05) is 6.92 Å². The van der Waals surface area contributed by atoms with Crippen LogP contribution < -0.4 is 15.1 Å². The van der Waals surface area contributed by atoms with Crippen molar-refractivity contribution < 1.29 is 9.18 Å². The number of nitrogens with one attached hydrogen (secondary N) is 1. The van der Waals surface area contributed by atoms with Crippen LogP contribution in [0.25, 0.3) is 11.3 Å². The molecule has 1 N–H and O–H groups in total. The second-order valence-electron chi connectivity index (χ2n) is 9.39. The van der Waals surface area contributed by atoms with Crippen molar-refractivity contribution in [2.24, 2.45) is 0 Å². The fourth-order valence-electron chi connectivity index (χ4n) is 4.80. The van der Waals surface area contributed by atoms with Gasteiger partial charge in [-0.15, -0.1) is 0 Å². The normalized spacial score (nSPS) is 16.9. The summed E-state index contributed by atoms with van der Waals surface area (Å²) in [6.45, 7) is 5.73. The molecule has 7 nitrogen and oxygen atoms in total. The largest absolute Gasteiger partial charge is 0.356 e. The Kier molecular flexibility index (Phi) is 6.88. The summed E-state index contributed by atoms with van der Waals surface area (Å²) in [6, 6.07) is 11.9. The number of rotatable bonds is 5. The Hall–Kier alpha value is -3.55. The summed E-state index contributed by atoms with van der Waals surface area (Å²) in [4.78, 5) is 31.3. The van der Waals surface area contributed by atoms with E-state index in [4.69, 9.17) is 4.98 Å². The van der Waals surface area contributed by atoms with Crippen molar-refractivity contribution in [2.45, 2.75) is 45.1 Å². The van der Waals surface area contributed by atoms with E-state index in [2.05, 4.69) is 31.2 Å². The summed E-state index contributed by atoms with van der Waals surface area (Å²) < 4.78 is 13.5. The first-order chi connectivity index (χ1) is 17.0. The van der Waals surface area contributed by atoms with Gasteiger partial charge in [0.15, 0.2) is 0 Å². The molecule has 0 unspecified atom stereocenters. The lowest BCUT2D eigenvalue weighted by Crippen LogP contribution is -2.45. The third-order valence-electron chi connectivity index (χ3n) is 6.77. The smallest absolute Gasteiger partial charge is 0.253 e. The quantitative estimate of drug-likeness (QED) is 0.592. The number of aryl methyl sites for hydroxylation is 1. The van der Waals surface area contributed by atoms with Gasteiger partial charge in [-0.2, -0.15) is 4.98 Å². The summed E-state index contributed by atoms with van der Waals surface area (Å²) in [7, 11) is 0. The van der Waals surface area contributed by atoms with Gasteiger partial charge in [0.1, 0.15) is 11.6 Å². The Labute approximate surface area is 205 Å². The van der Waals surface area contributed by atoms with Gasteiger partial charge in [0.05, 0.1) is 11.3 Å². The molecule has 0 bridgehead atoms. The van der Waals surface area contributed by atoms with E-state index in [0.29, 0.717) is 16.8 Å². The van der Waals surface area contributed by atoms with E-state index in [1.54, 1.807) is 30.5 Å². The number of piperidine rings is 2. The van der Waals surface area contributed by atoms with Gasteiger partial charge in [0.25, 0.3) is 5.91 Å². The highest BCUT2D eigenvalue weighted by atomic mass is 19.1. The van der Waals surface area contributed by atoms with Crippen molar-refractivity contribution in [2.75, 3.05) is 36.0 Å². The molecule has 0 spiro atoms. The first-order valence-corrected chi connectivity index (χ1v) is 12.4. The van der Waals surface area contributed by atoms with Crippen LogP contribution in [0.2, 0.25) is 0 Å². The zero-order chi connectivity index (χ0) is 24.2. The molecule has 0 aliphatic carbocycles. The number of carbonyl (C=O) groups excluding carboxylic acids is 1. The Bertz CT molecular complexity index is 1170. The lowest BCUT2D eigenvalue weighted by Gasteiger charge is -2.34. The van der Waals surface area contributed by atoms with Crippen LogP contribution in [0.15, 0.2) is 48.7 Å². The fraction of sp³-hybridized carbons (Fsp3) is 0.407. The Morgan fingerprint density at radius 3 is 2.49 bits per heavy atom. The van der Waals surface area contributed by atoms with Crippen LogP contribution in [-0.2, 0) is 0 Å². The van der Waals surface area contributed by atoms with Crippen molar-refractivity contribution >= 4 is 17.7 Å². The van der Waals surface area contributed by atoms with Crippen molar-refractivity contribution in [3.8, 4) is 11.3 Å². The average Bonchev–Trinajstić information content (AvgIpc) is 2.89. The summed E-state index contributed by atoms with van der Waals surface area (Å²) in [6.07, 6.45) is 6.92. The van der Waals surface area contributed by atoms with E-state index in [-0.39, 0.29) is 17.8 Å². The van der Waals surface area contributed by atoms with Gasteiger partial charge in [-0.3, -0.25) is 9.78 Å². The van der Waals surface area contributed by atoms with Crippen LogP contribution in [0.1, 0.15) is 48.2 Å². The highest BCUT2D eigenvalue weighted by Gasteiger charge is 2.24. The third-order valence-corrected chi connectivity index (χ3v) is 6.77. The lowest BCUT2D eigenvalue weighted by molar-refractivity contribution is 0.0930. The molecule has 0 saturated carbocycles. The molecule has 2 saturated heterocycles. The molecule has 0 radical (unpaired) electrons. The van der Waals surface area contributed by atoms with E-state index >= 15 is 0 Å². The van der Waals surface area contributed by atoms with Crippen LogP contribution in [0.3, 0.4) is 0 Å². The van der Waals surface area contributed by atoms with Crippen LogP contribution in [0.5, 0.6) is 0 Å². The second kappa shape index (κ2) is 10.4. The molecule has 5 rings (SSSR count). The standard InChI is InChI=1S/C27H31FN6O/c1-19-16-25(32-27(30-19)34-12-3-2-4-13-34)33-14-10-23(11-15-33)31-26(35)21-8-9-24(29-18-21)20-6-5-7-22(28)17-20/h5-9,16-18,23H,2-4,10-15H2,1H3,(H,31,35). The number of amides is 1. The lowest BCUT2D eigenvalue weighted by atomic mass is 10.0. The van der Waals surface area contributed by atoms with E-state index < -0.39 is 0 Å². The Morgan fingerprint density at radius 2 is 1.77 bits per heavy atom. The maximum Gasteiger partial charge on any atom is 0.253 e. The summed E-state index contributed by atoms with van der Waals surface area (Å²) in [5, 5.41) is 3.14. The first kappa shape index (κ1) is 23.2. The Morgan fingerprint density at radius 1 is 0.971 bits per heavy atom. The van der Waals surface area contributed by atoms with Crippen LogP contribution in [-0.4, -0.2) is 53.1 Å². The number of nitrogens with zero attached hydrogens (tertiary/aromatic N) is 5. The minimum atomic E-state index is -0.308. The van der Waals surface area contributed by atoms with Crippen molar-refractivity contribution in [3.05, 3.63) is 65.7 Å². The highest BCUT2D eigenvalue weighted by molar-refractivity contribution is 5.94. The molecule has 0 atom stereocenters. The van der Waals surface area contributed by atoms with Gasteiger partial charge in [-0.05, 0) is 63.3 Å². The molecule has 35 heavy (non-hydrogen) atoms. The van der Waals surface area contributed by atoms with Crippen molar-refractivity contribution in [3.63, 3.8) is 0 Å². The van der Waals surface area contributed by atoms with Gasteiger partial charge >= 0.3 is 0 Å². The number of halogens is 1. The van der Waals surface area contributed by atoms with Gasteiger partial charge in [0, 0.05) is 55.7 Å². The highest BCUT2D eigenvalue weighted by Crippen LogP contribution is 2.24. The molecular formula is C27H31FN6O. The monoisotopic (exact) mass is 474 g/mol. The predicted molar refractivity (Wildman–Crippen MR) is 135 cm³/mol. The summed E-state index contributed by atoms with van der Waals surface area (Å²) >= 11 is 0. The number of hydrogen-bond acceptors (Lipinski definition) is 6. The topological polar surface area (TPSA) is 74.2 Å². The fourth-order valence-corrected chi connectivity index (χ4v) is 4.80. The molecule has 182 valence electrons. The SMILES string of the molecule is Cc1cc(N2CCC(NC(=O)c3ccc(-c4cccc(F)c4)nc3)CC2)nc(N2CCCCC2)n1. The van der Waals surface area contributed by atoms with Crippen molar-refractivity contribution in [1.29, 1.82) is 0 Å². The summed E-state index contributed by atoms with van der Waals surface area (Å²) in [5.41, 5.74) is 2.82. The molecule has 2 aliphatic rings. The summed E-state index contributed by atoms with van der Waals surface area (Å²) in [5.74, 6) is 1.37. The molecule has 1 amide bonds. The number of aromatic nitrogens is 3. The maximum atomic E-state index is 13.5. The van der Waals surface area contributed by atoms with Crippen LogP contribution in [0, 0.1) is 12.7 Å². The van der Waals surface area contributed by atoms with Gasteiger partial charge in [0.2, 0.25) is 5.95 Å². The van der Waals surface area contributed by atoms with Crippen molar-refractivity contribution in [1.82, 2.24) is 20.3 Å². The molecule has 1 aromatic carbocycles. The zero-order valence-electron chi connectivity index (χ0n) is 20.1. The predicted octanol–water partition coefficient (Wildman–Crippen LogP) is 4.38. The third kappa shape index (κ3) is 5.58. The number of hydrogen-bond donors (Lipinski definition) is 1. The molecule has 2 aliphatic heterocycles. The molecule has 3 aromatic rings. The number of benzene rings is 1. The number of anilines is 2. The Balaban J connectivity index is 1.17. The average molecular weight is 475 g/mol. The first-order valence-electron chi connectivity index (χ1n) is 12.4. The number of pyridine rings is 1. The van der Waals surface area contributed by atoms with Crippen LogP contribution in [0.4, 0.5) is 16.2 Å². The molecule has 8 heteroatoms. The van der Waals surface area contributed by atoms with Gasteiger partial charge in [-0.25, -0.2) is 9.37 Å². The van der Waals surface area contributed by atoms with Gasteiger partial charge in [-0.1, -0.05) is 12.1 Å². The van der Waals surface area contributed by atoms with Crippen LogP contribution >= 0.6 is 0 Å². The zero-order valence-corrected chi connectivity index (χ0v) is 20.1. The molecule has 4 heterocycles. The maximum absolute atomic E-state index is 13.5. The van der Waals surface area contributed by atoms with E-state index in [9.17, 15) is 9.18 Å². The molecule has 2 fully saturated rings. The number of carbonyl (C=O) groups is 1. The van der Waals surface area contributed by atoms with E-state index in [1.165, 1.54) is 31.4 Å². The molecular weight excluding hydrogens is 443 g/mol. The molecule has 2 aromatic heterocycles. The minimum absolute atomic E-state index is 0.103. The van der Waals surface area contributed by atoms with Gasteiger partial charge < -0.3 is 15.1 Å².